The molecule has 0 saturated carbocycles. The summed E-state index contributed by atoms with van der Waals surface area (Å²) in [5.74, 6) is 1.95. The Balaban J connectivity index is 1.88. The Bertz CT molecular complexity index is 1020. The molecule has 0 saturated heterocycles. The number of rotatable bonds is 6. The van der Waals surface area contributed by atoms with Crippen molar-refractivity contribution in [2.45, 2.75) is 13.8 Å². The van der Waals surface area contributed by atoms with Crippen LogP contribution in [0.1, 0.15) is 13.8 Å². The van der Waals surface area contributed by atoms with Crippen LogP contribution < -0.4 is 21.5 Å². The monoisotopic (exact) mass is 376 g/mol. The van der Waals surface area contributed by atoms with Crippen LogP contribution in [0.3, 0.4) is 0 Å². The van der Waals surface area contributed by atoms with E-state index in [0.29, 0.717) is 17.5 Å². The van der Waals surface area contributed by atoms with Gasteiger partial charge >= 0.3 is 0 Å². The van der Waals surface area contributed by atoms with Crippen molar-refractivity contribution in [1.82, 2.24) is 15.0 Å². The maximum atomic E-state index is 6.09. The van der Waals surface area contributed by atoms with Gasteiger partial charge in [-0.25, -0.2) is 9.97 Å². The fraction of sp³-hybridized carbons (Fsp3) is 0.190. The summed E-state index contributed by atoms with van der Waals surface area (Å²) in [7, 11) is 1.59. The third-order valence-electron chi connectivity index (χ3n) is 4.27. The first-order valence-corrected chi connectivity index (χ1v) is 8.93. The van der Waals surface area contributed by atoms with Gasteiger partial charge in [-0.1, -0.05) is 13.8 Å². The van der Waals surface area contributed by atoms with E-state index in [4.69, 9.17) is 16.2 Å². The van der Waals surface area contributed by atoms with Crippen LogP contribution in [0, 0.1) is 5.92 Å². The Morgan fingerprint density at radius 2 is 1.86 bits per heavy atom. The number of hydrogen-bond donors (Lipinski definition) is 3. The molecule has 0 aliphatic rings. The zero-order chi connectivity index (χ0) is 20.1. The first kappa shape index (κ1) is 19.2. The number of nitrogens with zero attached hydrogens (tertiary/aromatic N) is 3. The van der Waals surface area contributed by atoms with Gasteiger partial charge in [0, 0.05) is 29.6 Å². The highest BCUT2D eigenvalue weighted by Gasteiger charge is 2.06. The Morgan fingerprint density at radius 1 is 1.07 bits per heavy atom. The molecule has 0 aromatic carbocycles. The van der Waals surface area contributed by atoms with E-state index in [-0.39, 0.29) is 5.92 Å². The average Bonchev–Trinajstić information content (AvgIpc) is 2.71. The van der Waals surface area contributed by atoms with Crippen molar-refractivity contribution in [2.75, 3.05) is 12.4 Å². The van der Waals surface area contributed by atoms with Gasteiger partial charge in [-0.3, -0.25) is 4.98 Å². The molecule has 3 aromatic heterocycles. The number of nitrogens with two attached hydrogens (primary N) is 2. The molecule has 3 heterocycles. The largest absolute Gasteiger partial charge is 0.481 e. The molecule has 0 bridgehead atoms. The van der Waals surface area contributed by atoms with Crippen LogP contribution in [-0.2, 0) is 0 Å². The second kappa shape index (κ2) is 8.39. The lowest BCUT2D eigenvalue weighted by Crippen LogP contribution is -2.11. The zero-order valence-electron chi connectivity index (χ0n) is 16.2. The Hall–Kier alpha value is -3.61. The lowest BCUT2D eigenvalue weighted by molar-refractivity contribution is 0.398. The molecule has 0 fully saturated rings. The highest BCUT2D eigenvalue weighted by molar-refractivity contribution is 5.81. The van der Waals surface area contributed by atoms with E-state index < -0.39 is 0 Å². The molecule has 0 radical (unpaired) electrons. The quantitative estimate of drug-likeness (QED) is 0.565. The molecule has 0 atom stereocenters. The second-order valence-electron chi connectivity index (χ2n) is 6.59. The molecular weight excluding hydrogens is 352 g/mol. The van der Waals surface area contributed by atoms with Crippen molar-refractivity contribution in [3.63, 3.8) is 0 Å². The smallest absolute Gasteiger partial charge is 0.212 e. The SMILES string of the molecule is COc1ccc(-c2cnc3ccc(N/C(N)=C/C(=C\N)C(C)C)nc3c2)cn1. The van der Waals surface area contributed by atoms with Crippen LogP contribution in [0.25, 0.3) is 22.2 Å². The number of allylic oxidation sites excluding steroid dienone is 2. The predicted octanol–water partition coefficient (Wildman–Crippen LogP) is 3.41. The molecule has 0 aliphatic carbocycles. The Kier molecular flexibility index (Phi) is 5.74. The summed E-state index contributed by atoms with van der Waals surface area (Å²) in [5.41, 5.74) is 16.1. The van der Waals surface area contributed by atoms with E-state index in [1.165, 1.54) is 0 Å². The fourth-order valence-electron chi connectivity index (χ4n) is 2.68. The van der Waals surface area contributed by atoms with Crippen molar-refractivity contribution in [2.24, 2.45) is 17.4 Å². The van der Waals surface area contributed by atoms with Crippen LogP contribution in [0.15, 0.2) is 66.4 Å². The van der Waals surface area contributed by atoms with Crippen molar-refractivity contribution in [3.8, 4) is 17.0 Å². The number of methoxy groups -OCH3 is 1. The van der Waals surface area contributed by atoms with Crippen LogP contribution in [0.2, 0.25) is 0 Å². The molecular formula is C21H24N6O. The van der Waals surface area contributed by atoms with Crippen molar-refractivity contribution < 1.29 is 4.74 Å². The summed E-state index contributed by atoms with van der Waals surface area (Å²) in [4.78, 5) is 13.3. The van der Waals surface area contributed by atoms with Crippen LogP contribution in [0.4, 0.5) is 5.82 Å². The minimum absolute atomic E-state index is 0.278. The Labute approximate surface area is 164 Å². The minimum atomic E-state index is 0.278. The standard InChI is InChI=1S/C21H24N6O/c1-13(2)15(10-22)9-19(23)27-20-6-5-17-18(26-20)8-16(12-24-17)14-4-7-21(28-3)25-11-14/h4-13H,22-23H2,1-3H3,(H,26,27)/b15-10+,19-9+. The summed E-state index contributed by atoms with van der Waals surface area (Å²) in [6, 6.07) is 9.45. The summed E-state index contributed by atoms with van der Waals surface area (Å²) in [6.45, 7) is 4.11. The fourth-order valence-corrected chi connectivity index (χ4v) is 2.68. The highest BCUT2D eigenvalue weighted by Crippen LogP contribution is 2.23. The van der Waals surface area contributed by atoms with Gasteiger partial charge < -0.3 is 21.5 Å². The van der Waals surface area contributed by atoms with E-state index in [1.54, 1.807) is 25.7 Å². The average molecular weight is 376 g/mol. The van der Waals surface area contributed by atoms with Crippen LogP contribution in [-0.4, -0.2) is 22.1 Å². The normalized spacial score (nSPS) is 12.4. The first-order chi connectivity index (χ1) is 13.5. The van der Waals surface area contributed by atoms with Gasteiger partial charge in [0.05, 0.1) is 18.1 Å². The molecule has 144 valence electrons. The summed E-state index contributed by atoms with van der Waals surface area (Å²) in [5, 5.41) is 3.10. The van der Waals surface area contributed by atoms with E-state index in [1.807, 2.05) is 36.4 Å². The first-order valence-electron chi connectivity index (χ1n) is 8.93. The number of anilines is 1. The molecule has 28 heavy (non-hydrogen) atoms. The maximum Gasteiger partial charge on any atom is 0.212 e. The van der Waals surface area contributed by atoms with E-state index in [0.717, 1.165) is 27.7 Å². The maximum absolute atomic E-state index is 6.09. The van der Waals surface area contributed by atoms with Crippen molar-refractivity contribution in [1.29, 1.82) is 0 Å². The molecule has 3 rings (SSSR count). The topological polar surface area (TPSA) is 112 Å². The molecule has 7 nitrogen and oxygen atoms in total. The number of hydrogen-bond acceptors (Lipinski definition) is 7. The molecule has 7 heteroatoms. The van der Waals surface area contributed by atoms with E-state index in [9.17, 15) is 0 Å². The third-order valence-corrected chi connectivity index (χ3v) is 4.27. The number of ether oxygens (including phenoxy) is 1. The number of aromatic nitrogens is 3. The molecule has 0 unspecified atom stereocenters. The Morgan fingerprint density at radius 3 is 2.50 bits per heavy atom. The van der Waals surface area contributed by atoms with Gasteiger partial charge in [0.25, 0.3) is 0 Å². The van der Waals surface area contributed by atoms with Crippen LogP contribution in [0.5, 0.6) is 5.88 Å². The minimum Gasteiger partial charge on any atom is -0.481 e. The van der Waals surface area contributed by atoms with Crippen molar-refractivity contribution in [3.05, 3.63) is 66.4 Å². The van der Waals surface area contributed by atoms with Gasteiger partial charge in [0.1, 0.15) is 11.6 Å². The molecule has 0 spiro atoms. The predicted molar refractivity (Wildman–Crippen MR) is 112 cm³/mol. The van der Waals surface area contributed by atoms with Crippen molar-refractivity contribution >= 4 is 16.9 Å². The number of pyridine rings is 3. The second-order valence-corrected chi connectivity index (χ2v) is 6.59. The van der Waals surface area contributed by atoms with Gasteiger partial charge in [-0.2, -0.15) is 0 Å². The van der Waals surface area contributed by atoms with Gasteiger partial charge in [0.2, 0.25) is 5.88 Å². The molecule has 0 amide bonds. The van der Waals surface area contributed by atoms with Crippen LogP contribution >= 0.6 is 0 Å². The van der Waals surface area contributed by atoms with Gasteiger partial charge in [-0.05, 0) is 48.0 Å². The number of fused-ring (bicyclic) bond motifs is 1. The lowest BCUT2D eigenvalue weighted by Gasteiger charge is -2.10. The summed E-state index contributed by atoms with van der Waals surface area (Å²) >= 11 is 0. The molecule has 0 aliphatic heterocycles. The van der Waals surface area contributed by atoms with Gasteiger partial charge in [0.15, 0.2) is 0 Å². The van der Waals surface area contributed by atoms with Gasteiger partial charge in [-0.15, -0.1) is 0 Å². The van der Waals surface area contributed by atoms with E-state index in [2.05, 4.69) is 34.1 Å². The summed E-state index contributed by atoms with van der Waals surface area (Å²) in [6.07, 6.45) is 6.92. The third kappa shape index (κ3) is 4.37. The lowest BCUT2D eigenvalue weighted by atomic mass is 10.0. The number of nitrogens with one attached hydrogen (secondary N) is 1. The summed E-state index contributed by atoms with van der Waals surface area (Å²) < 4.78 is 5.10. The zero-order valence-corrected chi connectivity index (χ0v) is 16.2. The highest BCUT2D eigenvalue weighted by atomic mass is 16.5. The molecule has 3 aromatic rings. The molecule has 5 N–H and O–H groups in total. The van der Waals surface area contributed by atoms with E-state index >= 15 is 0 Å².